The van der Waals surface area contributed by atoms with Crippen molar-refractivity contribution >= 4 is 11.5 Å². The fourth-order valence-electron chi connectivity index (χ4n) is 1.96. The van der Waals surface area contributed by atoms with Crippen molar-refractivity contribution in [3.63, 3.8) is 0 Å². The predicted molar refractivity (Wildman–Crippen MR) is 75.0 cm³/mol. The van der Waals surface area contributed by atoms with Crippen LogP contribution in [0.2, 0.25) is 0 Å². The van der Waals surface area contributed by atoms with E-state index in [1.165, 1.54) is 24.3 Å². The molecule has 2 rings (SSSR count). The number of benzene rings is 2. The minimum Gasteiger partial charge on any atom is -0.372 e. The first kappa shape index (κ1) is 14.2. The summed E-state index contributed by atoms with van der Waals surface area (Å²) in [6.45, 7) is 0.371. The fourth-order valence-corrected chi connectivity index (χ4v) is 1.96. The molecule has 0 amide bonds. The summed E-state index contributed by atoms with van der Waals surface area (Å²) in [6, 6.07) is 12.0. The predicted octanol–water partition coefficient (Wildman–Crippen LogP) is 3.67. The van der Waals surface area contributed by atoms with Gasteiger partial charge in [-0.25, -0.2) is 8.78 Å². The number of anilines is 1. The van der Waals surface area contributed by atoms with Crippen LogP contribution in [0.4, 0.5) is 14.5 Å². The van der Waals surface area contributed by atoms with Gasteiger partial charge in [-0.05, 0) is 24.3 Å². The number of halogens is 2. The second kappa shape index (κ2) is 6.28. The number of carbonyl (C=O) groups excluding carboxylic acids is 1. The van der Waals surface area contributed by atoms with Crippen LogP contribution in [-0.4, -0.2) is 19.4 Å². The van der Waals surface area contributed by atoms with Crippen molar-refractivity contribution in [3.8, 4) is 0 Å². The first-order chi connectivity index (χ1) is 9.58. The number of hydrogen-bond acceptors (Lipinski definition) is 2. The van der Waals surface area contributed by atoms with Crippen LogP contribution in [0.5, 0.6) is 0 Å². The van der Waals surface area contributed by atoms with Gasteiger partial charge in [-0.1, -0.05) is 24.3 Å². The normalized spacial score (nSPS) is 10.3. The SMILES string of the molecule is CN(CCC(=O)c1cccc(F)c1)c1ccccc1F. The highest BCUT2D eigenvalue weighted by Crippen LogP contribution is 2.17. The molecule has 2 nitrogen and oxygen atoms in total. The first-order valence-electron chi connectivity index (χ1n) is 6.32. The lowest BCUT2D eigenvalue weighted by Gasteiger charge is -2.19. The Morgan fingerprint density at radius 1 is 1.10 bits per heavy atom. The topological polar surface area (TPSA) is 20.3 Å². The van der Waals surface area contributed by atoms with Crippen molar-refractivity contribution in [2.45, 2.75) is 6.42 Å². The summed E-state index contributed by atoms with van der Waals surface area (Å²) in [4.78, 5) is 13.6. The molecule has 2 aromatic carbocycles. The number of Topliss-reactive ketones (excluding diaryl/α,β-unsaturated/α-hetero) is 1. The Labute approximate surface area is 116 Å². The highest BCUT2D eigenvalue weighted by molar-refractivity contribution is 5.96. The van der Waals surface area contributed by atoms with Gasteiger partial charge in [0.05, 0.1) is 5.69 Å². The average molecular weight is 275 g/mol. The molecule has 0 N–H and O–H groups in total. The van der Waals surface area contributed by atoms with Gasteiger partial charge in [0.15, 0.2) is 5.78 Å². The summed E-state index contributed by atoms with van der Waals surface area (Å²) in [7, 11) is 1.72. The number of para-hydroxylation sites is 1. The fraction of sp³-hybridized carbons (Fsp3) is 0.188. The van der Waals surface area contributed by atoms with E-state index in [-0.39, 0.29) is 18.0 Å². The van der Waals surface area contributed by atoms with E-state index in [9.17, 15) is 13.6 Å². The molecule has 0 unspecified atom stereocenters. The summed E-state index contributed by atoms with van der Waals surface area (Å²) in [5, 5.41) is 0. The van der Waals surface area contributed by atoms with Gasteiger partial charge in [-0.15, -0.1) is 0 Å². The lowest BCUT2D eigenvalue weighted by Crippen LogP contribution is -2.22. The summed E-state index contributed by atoms with van der Waals surface area (Å²) >= 11 is 0. The maximum Gasteiger partial charge on any atom is 0.164 e. The third-order valence-corrected chi connectivity index (χ3v) is 3.08. The van der Waals surface area contributed by atoms with Gasteiger partial charge in [0.1, 0.15) is 11.6 Å². The van der Waals surface area contributed by atoms with Crippen molar-refractivity contribution in [1.29, 1.82) is 0 Å². The van der Waals surface area contributed by atoms with E-state index in [2.05, 4.69) is 0 Å². The Morgan fingerprint density at radius 3 is 2.55 bits per heavy atom. The monoisotopic (exact) mass is 275 g/mol. The van der Waals surface area contributed by atoms with Crippen LogP contribution >= 0.6 is 0 Å². The van der Waals surface area contributed by atoms with Crippen LogP contribution in [-0.2, 0) is 0 Å². The minimum absolute atomic E-state index is 0.160. The van der Waals surface area contributed by atoms with E-state index in [1.807, 2.05) is 0 Å². The summed E-state index contributed by atoms with van der Waals surface area (Å²) in [5.74, 6) is -0.917. The Morgan fingerprint density at radius 2 is 1.85 bits per heavy atom. The van der Waals surface area contributed by atoms with E-state index in [0.29, 0.717) is 17.8 Å². The molecule has 0 bridgehead atoms. The third-order valence-electron chi connectivity index (χ3n) is 3.08. The molecule has 0 heterocycles. The van der Waals surface area contributed by atoms with E-state index >= 15 is 0 Å². The molecular formula is C16H15F2NO. The Bertz CT molecular complexity index is 613. The summed E-state index contributed by atoms with van der Waals surface area (Å²) in [5.41, 5.74) is 0.784. The number of hydrogen-bond donors (Lipinski definition) is 0. The number of rotatable bonds is 5. The molecule has 104 valence electrons. The largest absolute Gasteiger partial charge is 0.372 e. The van der Waals surface area contributed by atoms with Crippen molar-refractivity contribution in [2.75, 3.05) is 18.5 Å². The second-order valence-electron chi connectivity index (χ2n) is 4.56. The second-order valence-corrected chi connectivity index (χ2v) is 4.56. The maximum absolute atomic E-state index is 13.6. The van der Waals surface area contributed by atoms with Gasteiger partial charge in [0.25, 0.3) is 0 Å². The molecule has 0 spiro atoms. The Kier molecular flexibility index (Phi) is 4.45. The molecule has 20 heavy (non-hydrogen) atoms. The zero-order valence-electron chi connectivity index (χ0n) is 11.1. The van der Waals surface area contributed by atoms with E-state index in [1.54, 1.807) is 36.2 Å². The molecule has 0 aliphatic heterocycles. The molecular weight excluding hydrogens is 260 g/mol. The van der Waals surface area contributed by atoms with Gasteiger partial charge in [0, 0.05) is 25.6 Å². The van der Waals surface area contributed by atoms with Crippen LogP contribution in [0.15, 0.2) is 48.5 Å². The Hall–Kier alpha value is -2.23. The zero-order chi connectivity index (χ0) is 14.5. The van der Waals surface area contributed by atoms with Crippen LogP contribution < -0.4 is 4.90 Å². The zero-order valence-corrected chi connectivity index (χ0v) is 11.1. The van der Waals surface area contributed by atoms with Gasteiger partial charge < -0.3 is 4.90 Å². The molecule has 2 aromatic rings. The highest BCUT2D eigenvalue weighted by Gasteiger charge is 2.11. The molecule has 4 heteroatoms. The van der Waals surface area contributed by atoms with Crippen molar-refractivity contribution in [1.82, 2.24) is 0 Å². The van der Waals surface area contributed by atoms with Crippen LogP contribution in [0.25, 0.3) is 0 Å². The van der Waals surface area contributed by atoms with E-state index in [4.69, 9.17) is 0 Å². The number of carbonyl (C=O) groups is 1. The van der Waals surface area contributed by atoms with Gasteiger partial charge in [-0.2, -0.15) is 0 Å². The van der Waals surface area contributed by atoms with Crippen molar-refractivity contribution in [2.24, 2.45) is 0 Å². The molecule has 0 atom stereocenters. The number of nitrogens with zero attached hydrogens (tertiary/aromatic N) is 1. The minimum atomic E-state index is -0.432. The molecule has 0 aliphatic rings. The molecule has 0 aliphatic carbocycles. The third kappa shape index (κ3) is 3.41. The smallest absolute Gasteiger partial charge is 0.164 e. The van der Waals surface area contributed by atoms with Crippen LogP contribution in [0, 0.1) is 11.6 Å². The van der Waals surface area contributed by atoms with Gasteiger partial charge >= 0.3 is 0 Å². The van der Waals surface area contributed by atoms with Crippen molar-refractivity contribution in [3.05, 3.63) is 65.7 Å². The lowest BCUT2D eigenvalue weighted by atomic mass is 10.1. The van der Waals surface area contributed by atoms with Crippen LogP contribution in [0.1, 0.15) is 16.8 Å². The van der Waals surface area contributed by atoms with Gasteiger partial charge in [-0.3, -0.25) is 4.79 Å². The first-order valence-corrected chi connectivity index (χ1v) is 6.32. The summed E-state index contributed by atoms with van der Waals surface area (Å²) in [6.07, 6.45) is 0.203. The Balaban J connectivity index is 1.99. The molecule has 0 fully saturated rings. The van der Waals surface area contributed by atoms with Crippen LogP contribution in [0.3, 0.4) is 0 Å². The lowest BCUT2D eigenvalue weighted by molar-refractivity contribution is 0.0984. The van der Waals surface area contributed by atoms with Gasteiger partial charge in [0.2, 0.25) is 0 Å². The summed E-state index contributed by atoms with van der Waals surface area (Å²) < 4.78 is 26.6. The molecule has 0 saturated carbocycles. The molecule has 0 radical (unpaired) electrons. The average Bonchev–Trinajstić information content (AvgIpc) is 2.45. The molecule has 0 saturated heterocycles. The van der Waals surface area contributed by atoms with Crippen molar-refractivity contribution < 1.29 is 13.6 Å². The quantitative estimate of drug-likeness (QED) is 0.776. The standard InChI is InChI=1S/C16H15F2NO/c1-19(15-8-3-2-7-14(15)18)10-9-16(20)12-5-4-6-13(17)11-12/h2-8,11H,9-10H2,1H3. The highest BCUT2D eigenvalue weighted by atomic mass is 19.1. The number of ketones is 1. The van der Waals surface area contributed by atoms with E-state index < -0.39 is 5.82 Å². The van der Waals surface area contributed by atoms with E-state index in [0.717, 1.165) is 0 Å². The maximum atomic E-state index is 13.6. The molecule has 0 aromatic heterocycles.